The van der Waals surface area contributed by atoms with Crippen LogP contribution in [0.3, 0.4) is 0 Å². The van der Waals surface area contributed by atoms with Gasteiger partial charge in [-0.1, -0.05) is 5.16 Å². The lowest BCUT2D eigenvalue weighted by molar-refractivity contribution is 0.111. The molecule has 1 aliphatic rings. The summed E-state index contributed by atoms with van der Waals surface area (Å²) in [7, 11) is 0. The van der Waals surface area contributed by atoms with E-state index in [4.69, 9.17) is 4.52 Å². The zero-order chi connectivity index (χ0) is 7.68. The summed E-state index contributed by atoms with van der Waals surface area (Å²) in [6.07, 6.45) is 4.96. The molecule has 0 atom stereocenters. The van der Waals surface area contributed by atoms with Gasteiger partial charge >= 0.3 is 0 Å². The summed E-state index contributed by atoms with van der Waals surface area (Å²) in [5.41, 5.74) is 1.53. The van der Waals surface area contributed by atoms with Crippen molar-refractivity contribution in [2.24, 2.45) is 0 Å². The Kier molecular flexibility index (Phi) is 1.49. The Bertz CT molecular complexity index is 278. The molecule has 0 saturated heterocycles. The van der Waals surface area contributed by atoms with Crippen molar-refractivity contribution in [1.29, 1.82) is 0 Å². The highest BCUT2D eigenvalue weighted by atomic mass is 16.5. The molecule has 0 radical (unpaired) electrons. The van der Waals surface area contributed by atoms with Gasteiger partial charge in [-0.15, -0.1) is 0 Å². The Morgan fingerprint density at radius 1 is 1.36 bits per heavy atom. The molecule has 3 heteroatoms. The Balaban J connectivity index is 2.45. The van der Waals surface area contributed by atoms with E-state index in [9.17, 15) is 4.79 Å². The van der Waals surface area contributed by atoms with Crippen LogP contribution in [0.25, 0.3) is 0 Å². The van der Waals surface area contributed by atoms with Gasteiger partial charge in [0.2, 0.25) is 0 Å². The number of hydrogen-bond acceptors (Lipinski definition) is 3. The average molecular weight is 151 g/mol. The number of aldehydes is 1. The predicted octanol–water partition coefficient (Wildman–Crippen LogP) is 1.37. The van der Waals surface area contributed by atoms with E-state index >= 15 is 0 Å². The van der Waals surface area contributed by atoms with Crippen molar-refractivity contribution in [1.82, 2.24) is 5.16 Å². The Hall–Kier alpha value is -1.12. The third-order valence-corrected chi connectivity index (χ3v) is 2.09. The zero-order valence-electron chi connectivity index (χ0n) is 6.17. The molecule has 1 aromatic heterocycles. The Labute approximate surface area is 64.4 Å². The molecule has 0 fully saturated rings. The Morgan fingerprint density at radius 2 is 2.18 bits per heavy atom. The maximum Gasteiger partial charge on any atom is 0.172 e. The number of aryl methyl sites for hydroxylation is 1. The molecule has 11 heavy (non-hydrogen) atoms. The first-order valence-electron chi connectivity index (χ1n) is 3.84. The molecule has 0 amide bonds. The van der Waals surface area contributed by atoms with Crippen LogP contribution < -0.4 is 0 Å². The first kappa shape index (κ1) is 6.58. The molecule has 1 heterocycles. The molecule has 1 aromatic rings. The van der Waals surface area contributed by atoms with Gasteiger partial charge in [0, 0.05) is 12.0 Å². The predicted molar refractivity (Wildman–Crippen MR) is 38.5 cm³/mol. The fourth-order valence-corrected chi connectivity index (χ4v) is 1.50. The molecule has 0 unspecified atom stereocenters. The smallest absolute Gasteiger partial charge is 0.172 e. The van der Waals surface area contributed by atoms with Crippen molar-refractivity contribution in [3.05, 3.63) is 17.0 Å². The summed E-state index contributed by atoms with van der Waals surface area (Å²) >= 11 is 0. The normalized spacial score (nSPS) is 16.0. The summed E-state index contributed by atoms with van der Waals surface area (Å²) in [6, 6.07) is 0. The third-order valence-electron chi connectivity index (χ3n) is 2.09. The average Bonchev–Trinajstić information content (AvgIpc) is 2.47. The van der Waals surface area contributed by atoms with E-state index in [1.165, 1.54) is 0 Å². The van der Waals surface area contributed by atoms with Crippen LogP contribution in [0.15, 0.2) is 4.52 Å². The van der Waals surface area contributed by atoms with Crippen LogP contribution in [-0.2, 0) is 12.8 Å². The lowest BCUT2D eigenvalue weighted by Gasteiger charge is -2.06. The van der Waals surface area contributed by atoms with E-state index < -0.39 is 0 Å². The van der Waals surface area contributed by atoms with Gasteiger partial charge in [0.05, 0.1) is 0 Å². The number of carbonyl (C=O) groups is 1. The second-order valence-electron chi connectivity index (χ2n) is 2.79. The summed E-state index contributed by atoms with van der Waals surface area (Å²) in [5, 5.41) is 3.67. The molecule has 2 rings (SSSR count). The minimum absolute atomic E-state index is 0.500. The lowest BCUT2D eigenvalue weighted by Crippen LogP contribution is -2.00. The molecule has 0 spiro atoms. The SMILES string of the molecule is O=Cc1noc2c1CCCC2. The summed E-state index contributed by atoms with van der Waals surface area (Å²) in [5.74, 6) is 0.915. The van der Waals surface area contributed by atoms with Gasteiger partial charge < -0.3 is 4.52 Å². The second kappa shape index (κ2) is 2.49. The first-order valence-corrected chi connectivity index (χ1v) is 3.84. The summed E-state index contributed by atoms with van der Waals surface area (Å²) in [6.45, 7) is 0. The van der Waals surface area contributed by atoms with E-state index in [0.717, 1.165) is 43.3 Å². The fourth-order valence-electron chi connectivity index (χ4n) is 1.50. The molecule has 0 aromatic carbocycles. The van der Waals surface area contributed by atoms with Crippen LogP contribution in [0.4, 0.5) is 0 Å². The van der Waals surface area contributed by atoms with Crippen molar-refractivity contribution < 1.29 is 9.32 Å². The molecular formula is C8H9NO2. The van der Waals surface area contributed by atoms with Gasteiger partial charge in [-0.05, 0) is 19.3 Å². The topological polar surface area (TPSA) is 43.1 Å². The third kappa shape index (κ3) is 0.964. The van der Waals surface area contributed by atoms with Crippen LogP contribution in [-0.4, -0.2) is 11.4 Å². The van der Waals surface area contributed by atoms with Gasteiger partial charge in [0.15, 0.2) is 6.29 Å². The first-order chi connectivity index (χ1) is 5.42. The minimum Gasteiger partial charge on any atom is -0.360 e. The van der Waals surface area contributed by atoms with Crippen molar-refractivity contribution >= 4 is 6.29 Å². The van der Waals surface area contributed by atoms with E-state index in [1.54, 1.807) is 0 Å². The highest BCUT2D eigenvalue weighted by molar-refractivity contribution is 5.74. The number of fused-ring (bicyclic) bond motifs is 1. The van der Waals surface area contributed by atoms with Gasteiger partial charge in [-0.2, -0.15) is 0 Å². The lowest BCUT2D eigenvalue weighted by atomic mass is 9.97. The van der Waals surface area contributed by atoms with Gasteiger partial charge in [0.1, 0.15) is 11.5 Å². The van der Waals surface area contributed by atoms with Crippen LogP contribution in [0.2, 0.25) is 0 Å². The number of rotatable bonds is 1. The molecule has 0 saturated carbocycles. The van der Waals surface area contributed by atoms with Crippen LogP contribution in [0.1, 0.15) is 34.7 Å². The molecule has 0 N–H and O–H groups in total. The van der Waals surface area contributed by atoms with Crippen molar-refractivity contribution in [3.8, 4) is 0 Å². The van der Waals surface area contributed by atoms with Crippen LogP contribution in [0, 0.1) is 0 Å². The molecule has 0 bridgehead atoms. The standard InChI is InChI=1S/C8H9NO2/c10-5-7-6-3-1-2-4-8(6)11-9-7/h5H,1-4H2. The number of hydrogen-bond donors (Lipinski definition) is 0. The van der Waals surface area contributed by atoms with E-state index in [2.05, 4.69) is 5.16 Å². The number of carbonyl (C=O) groups excluding carboxylic acids is 1. The number of aromatic nitrogens is 1. The highest BCUT2D eigenvalue weighted by Gasteiger charge is 2.18. The molecule has 0 aliphatic heterocycles. The monoisotopic (exact) mass is 151 g/mol. The molecule has 3 nitrogen and oxygen atoms in total. The molecule has 1 aliphatic carbocycles. The van der Waals surface area contributed by atoms with Gasteiger partial charge in [-0.25, -0.2) is 0 Å². The molecular weight excluding hydrogens is 142 g/mol. The molecule has 58 valence electrons. The largest absolute Gasteiger partial charge is 0.360 e. The zero-order valence-corrected chi connectivity index (χ0v) is 6.17. The maximum atomic E-state index is 10.4. The number of nitrogens with zero attached hydrogens (tertiary/aromatic N) is 1. The van der Waals surface area contributed by atoms with Crippen LogP contribution in [0.5, 0.6) is 0 Å². The second-order valence-corrected chi connectivity index (χ2v) is 2.79. The summed E-state index contributed by atoms with van der Waals surface area (Å²) < 4.78 is 5.00. The maximum absolute atomic E-state index is 10.4. The fraction of sp³-hybridized carbons (Fsp3) is 0.500. The Morgan fingerprint density at radius 3 is 3.00 bits per heavy atom. The van der Waals surface area contributed by atoms with E-state index in [1.807, 2.05) is 0 Å². The van der Waals surface area contributed by atoms with Crippen molar-refractivity contribution in [2.75, 3.05) is 0 Å². The quantitative estimate of drug-likeness (QED) is 0.569. The van der Waals surface area contributed by atoms with E-state index in [0.29, 0.717) is 5.69 Å². The highest BCUT2D eigenvalue weighted by Crippen LogP contribution is 2.22. The van der Waals surface area contributed by atoms with E-state index in [-0.39, 0.29) is 0 Å². The summed E-state index contributed by atoms with van der Waals surface area (Å²) in [4.78, 5) is 10.4. The van der Waals surface area contributed by atoms with Crippen LogP contribution >= 0.6 is 0 Å². The van der Waals surface area contributed by atoms with Gasteiger partial charge in [0.25, 0.3) is 0 Å². The minimum atomic E-state index is 0.500. The van der Waals surface area contributed by atoms with Crippen molar-refractivity contribution in [3.63, 3.8) is 0 Å². The van der Waals surface area contributed by atoms with Crippen molar-refractivity contribution in [2.45, 2.75) is 25.7 Å². The van der Waals surface area contributed by atoms with Gasteiger partial charge in [-0.3, -0.25) is 4.79 Å².